The largest absolute Gasteiger partial charge is 0.495 e. The predicted molar refractivity (Wildman–Crippen MR) is 95.2 cm³/mol. The van der Waals surface area contributed by atoms with Gasteiger partial charge in [-0.3, -0.25) is 9.69 Å². The van der Waals surface area contributed by atoms with Crippen LogP contribution in [0.2, 0.25) is 0 Å². The molecule has 132 valence electrons. The second-order valence-corrected chi connectivity index (χ2v) is 6.03. The molecule has 0 bridgehead atoms. The summed E-state index contributed by atoms with van der Waals surface area (Å²) in [4.78, 5) is 16.1. The Hall–Kier alpha value is -2.08. The predicted octanol–water partition coefficient (Wildman–Crippen LogP) is 2.18. The molecule has 0 saturated carbocycles. The van der Waals surface area contributed by atoms with Crippen LogP contribution in [-0.2, 0) is 9.53 Å². The second-order valence-electron chi connectivity index (χ2n) is 6.03. The quantitative estimate of drug-likeness (QED) is 0.449. The highest BCUT2D eigenvalue weighted by molar-refractivity contribution is 5.95. The van der Waals surface area contributed by atoms with E-state index in [0.717, 1.165) is 50.6 Å². The van der Waals surface area contributed by atoms with E-state index in [1.165, 1.54) is 0 Å². The van der Waals surface area contributed by atoms with Gasteiger partial charge in [-0.2, -0.15) is 0 Å². The summed E-state index contributed by atoms with van der Waals surface area (Å²) in [5, 5.41) is 7.26. The average molecular weight is 333 g/mol. The van der Waals surface area contributed by atoms with Gasteiger partial charge in [0.2, 0.25) is 0 Å². The van der Waals surface area contributed by atoms with E-state index < -0.39 is 0 Å². The Morgan fingerprint density at radius 3 is 2.58 bits per heavy atom. The Kier molecular flexibility index (Phi) is 7.06. The Morgan fingerprint density at radius 2 is 1.92 bits per heavy atom. The zero-order chi connectivity index (χ0) is 17.4. The molecule has 0 atom stereocenters. The second kappa shape index (κ2) is 9.27. The number of nitrogens with zero attached hydrogens (tertiary/aromatic N) is 2. The molecule has 6 heteroatoms. The molecule has 0 spiro atoms. The topological polar surface area (TPSA) is 65.9 Å². The number of carbonyl (C=O) groups excluding carboxylic acids is 1. The molecular weight excluding hydrogens is 306 g/mol. The standard InChI is InChI=1S/C18H27N3O3/c1-15(19)14-18(22)24-13-5-8-20-9-11-21(12-10-20)16-6-3-4-7-17(16)23-2/h3-4,6-7,19H,5,8-14H2,1-2H3. The lowest BCUT2D eigenvalue weighted by molar-refractivity contribution is -0.142. The van der Waals surface area contributed by atoms with Crippen LogP contribution in [0.4, 0.5) is 5.69 Å². The Morgan fingerprint density at radius 1 is 1.21 bits per heavy atom. The van der Waals surface area contributed by atoms with Crippen molar-refractivity contribution in [2.24, 2.45) is 0 Å². The summed E-state index contributed by atoms with van der Waals surface area (Å²) >= 11 is 0. The van der Waals surface area contributed by atoms with Crippen molar-refractivity contribution in [3.8, 4) is 5.75 Å². The number of para-hydroxylation sites is 2. The first-order valence-corrected chi connectivity index (χ1v) is 8.40. The molecular formula is C18H27N3O3. The normalized spacial score (nSPS) is 15.2. The van der Waals surface area contributed by atoms with Crippen molar-refractivity contribution in [3.05, 3.63) is 24.3 Å². The molecule has 1 aromatic rings. The van der Waals surface area contributed by atoms with E-state index >= 15 is 0 Å². The van der Waals surface area contributed by atoms with Gasteiger partial charge in [-0.1, -0.05) is 12.1 Å². The van der Waals surface area contributed by atoms with Crippen LogP contribution >= 0.6 is 0 Å². The first-order valence-electron chi connectivity index (χ1n) is 8.40. The lowest BCUT2D eigenvalue weighted by Crippen LogP contribution is -2.46. The SMILES string of the molecule is COc1ccccc1N1CCN(CCCOC(=O)CC(C)=N)CC1. The van der Waals surface area contributed by atoms with E-state index in [9.17, 15) is 4.79 Å². The van der Waals surface area contributed by atoms with Crippen molar-refractivity contribution < 1.29 is 14.3 Å². The molecule has 0 radical (unpaired) electrons. The molecule has 6 nitrogen and oxygen atoms in total. The third-order valence-electron chi connectivity index (χ3n) is 4.09. The molecule has 1 aliphatic heterocycles. The number of ether oxygens (including phenoxy) is 2. The number of piperazine rings is 1. The van der Waals surface area contributed by atoms with E-state index in [4.69, 9.17) is 14.9 Å². The van der Waals surface area contributed by atoms with Crippen LogP contribution in [0.15, 0.2) is 24.3 Å². The smallest absolute Gasteiger partial charge is 0.311 e. The molecule has 0 unspecified atom stereocenters. The van der Waals surface area contributed by atoms with Crippen LogP contribution in [0, 0.1) is 5.41 Å². The van der Waals surface area contributed by atoms with Crippen molar-refractivity contribution in [1.29, 1.82) is 5.41 Å². The molecule has 1 saturated heterocycles. The van der Waals surface area contributed by atoms with Crippen molar-refractivity contribution in [2.45, 2.75) is 19.8 Å². The molecule has 24 heavy (non-hydrogen) atoms. The van der Waals surface area contributed by atoms with E-state index in [1.807, 2.05) is 18.2 Å². The zero-order valence-corrected chi connectivity index (χ0v) is 14.6. The third kappa shape index (κ3) is 5.53. The van der Waals surface area contributed by atoms with Crippen molar-refractivity contribution >= 4 is 17.4 Å². The summed E-state index contributed by atoms with van der Waals surface area (Å²) < 4.78 is 10.6. The highest BCUT2D eigenvalue weighted by atomic mass is 16.5. The summed E-state index contributed by atoms with van der Waals surface area (Å²) in [7, 11) is 1.70. The van der Waals surface area contributed by atoms with Gasteiger partial charge in [-0.05, 0) is 25.5 Å². The van der Waals surface area contributed by atoms with E-state index in [1.54, 1.807) is 14.0 Å². The van der Waals surface area contributed by atoms with Gasteiger partial charge in [0.25, 0.3) is 0 Å². The molecule has 1 aliphatic rings. The van der Waals surface area contributed by atoms with Gasteiger partial charge in [0.1, 0.15) is 5.75 Å². The van der Waals surface area contributed by atoms with Gasteiger partial charge in [0, 0.05) is 38.4 Å². The number of hydrogen-bond acceptors (Lipinski definition) is 6. The minimum atomic E-state index is -0.302. The first kappa shape index (κ1) is 18.3. The van der Waals surface area contributed by atoms with Gasteiger partial charge >= 0.3 is 5.97 Å². The minimum absolute atomic E-state index is 0.0948. The van der Waals surface area contributed by atoms with Gasteiger partial charge < -0.3 is 19.8 Å². The maximum atomic E-state index is 11.4. The first-order chi connectivity index (χ1) is 11.6. The number of rotatable bonds is 8. The summed E-state index contributed by atoms with van der Waals surface area (Å²) in [5.41, 5.74) is 1.49. The lowest BCUT2D eigenvalue weighted by atomic mass is 10.2. The molecule has 1 aromatic carbocycles. The molecule has 1 N–H and O–H groups in total. The fourth-order valence-corrected chi connectivity index (χ4v) is 2.85. The van der Waals surface area contributed by atoms with E-state index in [2.05, 4.69) is 15.9 Å². The maximum Gasteiger partial charge on any atom is 0.311 e. The fraction of sp³-hybridized carbons (Fsp3) is 0.556. The van der Waals surface area contributed by atoms with Crippen molar-refractivity contribution in [3.63, 3.8) is 0 Å². The molecule has 1 fully saturated rings. The van der Waals surface area contributed by atoms with Crippen LogP contribution in [-0.4, -0.2) is 63.0 Å². The number of nitrogens with one attached hydrogen (secondary N) is 1. The Bertz CT molecular complexity index is 554. The van der Waals surface area contributed by atoms with Crippen LogP contribution < -0.4 is 9.64 Å². The number of anilines is 1. The van der Waals surface area contributed by atoms with Crippen molar-refractivity contribution in [1.82, 2.24) is 4.90 Å². The summed E-state index contributed by atoms with van der Waals surface area (Å²) in [6.07, 6.45) is 0.926. The summed E-state index contributed by atoms with van der Waals surface area (Å²) in [6, 6.07) is 8.11. The fourth-order valence-electron chi connectivity index (χ4n) is 2.85. The number of esters is 1. The Labute approximate surface area is 143 Å². The number of hydrogen-bond donors (Lipinski definition) is 1. The minimum Gasteiger partial charge on any atom is -0.495 e. The lowest BCUT2D eigenvalue weighted by Gasteiger charge is -2.36. The molecule has 0 amide bonds. The molecule has 1 heterocycles. The maximum absolute atomic E-state index is 11.4. The van der Waals surface area contributed by atoms with E-state index in [-0.39, 0.29) is 12.4 Å². The number of benzene rings is 1. The van der Waals surface area contributed by atoms with E-state index in [0.29, 0.717) is 12.3 Å². The molecule has 2 rings (SSSR count). The van der Waals surface area contributed by atoms with Crippen LogP contribution in [0.25, 0.3) is 0 Å². The van der Waals surface area contributed by atoms with Crippen LogP contribution in [0.1, 0.15) is 19.8 Å². The number of methoxy groups -OCH3 is 1. The highest BCUT2D eigenvalue weighted by Crippen LogP contribution is 2.28. The Balaban J connectivity index is 1.68. The van der Waals surface area contributed by atoms with Gasteiger partial charge in [-0.15, -0.1) is 0 Å². The van der Waals surface area contributed by atoms with Crippen LogP contribution in [0.3, 0.4) is 0 Å². The van der Waals surface area contributed by atoms with Crippen LogP contribution in [0.5, 0.6) is 5.75 Å². The van der Waals surface area contributed by atoms with Gasteiger partial charge in [0.05, 0.1) is 25.8 Å². The monoisotopic (exact) mass is 333 g/mol. The molecule has 0 aromatic heterocycles. The summed E-state index contributed by atoms with van der Waals surface area (Å²) in [5.74, 6) is 0.614. The highest BCUT2D eigenvalue weighted by Gasteiger charge is 2.19. The van der Waals surface area contributed by atoms with Gasteiger partial charge in [-0.25, -0.2) is 0 Å². The zero-order valence-electron chi connectivity index (χ0n) is 14.6. The van der Waals surface area contributed by atoms with Gasteiger partial charge in [0.15, 0.2) is 0 Å². The number of carbonyl (C=O) groups is 1. The summed E-state index contributed by atoms with van der Waals surface area (Å²) in [6.45, 7) is 6.88. The molecule has 0 aliphatic carbocycles. The average Bonchev–Trinajstić information content (AvgIpc) is 2.58. The van der Waals surface area contributed by atoms with Crippen molar-refractivity contribution in [2.75, 3.05) is 51.3 Å². The third-order valence-corrected chi connectivity index (χ3v) is 4.09.